The van der Waals surface area contributed by atoms with E-state index in [1.54, 1.807) is 12.1 Å². The third-order valence-corrected chi connectivity index (χ3v) is 4.36. The van der Waals surface area contributed by atoms with Crippen LogP contribution in [0.2, 0.25) is 0 Å². The van der Waals surface area contributed by atoms with Gasteiger partial charge >= 0.3 is 5.76 Å². The lowest BCUT2D eigenvalue weighted by Crippen LogP contribution is -2.11. The predicted octanol–water partition coefficient (Wildman–Crippen LogP) is 3.47. The Hall–Kier alpha value is -1.29. The van der Waals surface area contributed by atoms with Crippen molar-refractivity contribution in [3.63, 3.8) is 0 Å². The number of rotatable bonds is 4. The number of halogens is 3. The fourth-order valence-corrected chi connectivity index (χ4v) is 2.40. The van der Waals surface area contributed by atoms with Gasteiger partial charge in [-0.1, -0.05) is 0 Å². The summed E-state index contributed by atoms with van der Waals surface area (Å²) >= 11 is 2.04. The second kappa shape index (κ2) is 6.00. The van der Waals surface area contributed by atoms with Crippen LogP contribution in [0.3, 0.4) is 0 Å². The number of ether oxygens (including phenoxy) is 1. The zero-order valence-corrected chi connectivity index (χ0v) is 12.8. The van der Waals surface area contributed by atoms with E-state index < -0.39 is 20.5 Å². The minimum Gasteiger partial charge on any atom is -0.456 e. The first-order valence-corrected chi connectivity index (χ1v) is 7.93. The molecule has 0 saturated heterocycles. The van der Waals surface area contributed by atoms with Crippen molar-refractivity contribution in [2.45, 2.75) is 10.7 Å². The summed E-state index contributed by atoms with van der Waals surface area (Å²) in [6, 6.07) is 8.22. The minimum absolute atomic E-state index is 0.334. The lowest BCUT2D eigenvalue weighted by atomic mass is 10.3. The van der Waals surface area contributed by atoms with E-state index in [2.05, 4.69) is 4.98 Å². The fraction of sp³-hybridized carbons (Fsp3) is 0.0833. The molecule has 106 valence electrons. The van der Waals surface area contributed by atoms with Crippen LogP contribution in [0, 0.1) is 3.70 Å². The molecule has 0 radical (unpaired) electrons. The molecule has 1 aromatic heterocycles. The largest absolute Gasteiger partial charge is 0.456 e. The lowest BCUT2D eigenvalue weighted by Gasteiger charge is -2.07. The van der Waals surface area contributed by atoms with Crippen LogP contribution in [0.25, 0.3) is 0 Å². The van der Waals surface area contributed by atoms with Gasteiger partial charge in [0.05, 0.1) is 11.1 Å². The van der Waals surface area contributed by atoms with Crippen molar-refractivity contribution >= 4 is 32.4 Å². The summed E-state index contributed by atoms with van der Waals surface area (Å²) in [5.74, 6) is -2.63. The summed E-state index contributed by atoms with van der Waals surface area (Å²) < 4.78 is 53.4. The molecule has 0 aliphatic rings. The molecule has 0 amide bonds. The number of nitrogens with zero attached hydrogens (tertiary/aromatic N) is 1. The van der Waals surface area contributed by atoms with E-state index in [1.165, 1.54) is 18.3 Å². The van der Waals surface area contributed by atoms with E-state index in [9.17, 15) is 17.2 Å². The first-order chi connectivity index (χ1) is 9.39. The van der Waals surface area contributed by atoms with Crippen LogP contribution in [-0.4, -0.2) is 19.2 Å². The highest BCUT2D eigenvalue weighted by atomic mass is 127. The highest BCUT2D eigenvalue weighted by Crippen LogP contribution is 2.24. The molecule has 0 bridgehead atoms. The van der Waals surface area contributed by atoms with Crippen molar-refractivity contribution in [1.82, 2.24) is 4.98 Å². The Bertz CT molecular complexity index is 688. The van der Waals surface area contributed by atoms with Gasteiger partial charge in [-0.25, -0.2) is 13.4 Å². The van der Waals surface area contributed by atoms with Gasteiger partial charge in [0, 0.05) is 0 Å². The quantitative estimate of drug-likeness (QED) is 0.571. The number of hydrogen-bond donors (Lipinski definition) is 0. The van der Waals surface area contributed by atoms with Gasteiger partial charge in [-0.15, -0.1) is 0 Å². The van der Waals surface area contributed by atoms with Crippen LogP contribution in [-0.2, 0) is 9.84 Å². The summed E-state index contributed by atoms with van der Waals surface area (Å²) in [7, 11) is -4.57. The third kappa shape index (κ3) is 3.42. The van der Waals surface area contributed by atoms with Crippen molar-refractivity contribution in [2.24, 2.45) is 0 Å². The molecule has 2 rings (SSSR count). The molecule has 0 N–H and O–H groups in total. The number of hydrogen-bond acceptors (Lipinski definition) is 4. The molecule has 2 aromatic rings. The second-order valence-electron chi connectivity index (χ2n) is 3.70. The number of benzene rings is 1. The molecule has 4 nitrogen and oxygen atoms in total. The SMILES string of the molecule is O=S(=O)(c1ccc(Oc2ccc(I)nc2)cc1)C(F)F. The Morgan fingerprint density at radius 1 is 1.05 bits per heavy atom. The molecule has 0 aliphatic carbocycles. The number of alkyl halides is 2. The lowest BCUT2D eigenvalue weighted by molar-refractivity contribution is 0.234. The molecule has 1 aromatic carbocycles. The fourth-order valence-electron chi connectivity index (χ4n) is 1.36. The van der Waals surface area contributed by atoms with Crippen molar-refractivity contribution in [3.8, 4) is 11.5 Å². The molecule has 20 heavy (non-hydrogen) atoms. The molecule has 0 aliphatic heterocycles. The average Bonchev–Trinajstić information content (AvgIpc) is 2.42. The van der Waals surface area contributed by atoms with Gasteiger partial charge in [-0.05, 0) is 59.0 Å². The Balaban J connectivity index is 2.19. The van der Waals surface area contributed by atoms with E-state index in [1.807, 2.05) is 22.6 Å². The molecule has 0 spiro atoms. The van der Waals surface area contributed by atoms with Crippen molar-refractivity contribution in [3.05, 3.63) is 46.3 Å². The van der Waals surface area contributed by atoms with Crippen molar-refractivity contribution < 1.29 is 21.9 Å². The summed E-state index contributed by atoms with van der Waals surface area (Å²) in [6.07, 6.45) is 1.51. The molecule has 8 heteroatoms. The minimum atomic E-state index is -4.57. The third-order valence-electron chi connectivity index (χ3n) is 2.32. The predicted molar refractivity (Wildman–Crippen MR) is 76.7 cm³/mol. The second-order valence-corrected chi connectivity index (χ2v) is 6.72. The normalized spacial score (nSPS) is 11.6. The number of aromatic nitrogens is 1. The van der Waals surface area contributed by atoms with Gasteiger partial charge < -0.3 is 4.74 Å². The molecular weight excluding hydrogens is 403 g/mol. The zero-order valence-electron chi connectivity index (χ0n) is 9.83. The summed E-state index contributed by atoms with van der Waals surface area (Å²) in [6.45, 7) is 0. The van der Waals surface area contributed by atoms with Gasteiger partial charge in [-0.2, -0.15) is 8.78 Å². The molecule has 0 fully saturated rings. The highest BCUT2D eigenvalue weighted by molar-refractivity contribution is 14.1. The van der Waals surface area contributed by atoms with E-state index >= 15 is 0 Å². The van der Waals surface area contributed by atoms with E-state index in [4.69, 9.17) is 4.74 Å². The molecular formula is C12H8F2INO3S. The average molecular weight is 411 g/mol. The van der Waals surface area contributed by atoms with Gasteiger partial charge in [0.25, 0.3) is 0 Å². The van der Waals surface area contributed by atoms with E-state index in [0.29, 0.717) is 11.5 Å². The Labute approximate surface area is 127 Å². The van der Waals surface area contributed by atoms with Crippen molar-refractivity contribution in [2.75, 3.05) is 0 Å². The molecule has 0 saturated carbocycles. The Kier molecular flexibility index (Phi) is 4.53. The molecule has 0 unspecified atom stereocenters. The van der Waals surface area contributed by atoms with Crippen LogP contribution in [0.1, 0.15) is 0 Å². The first-order valence-electron chi connectivity index (χ1n) is 5.31. The number of pyridine rings is 1. The highest BCUT2D eigenvalue weighted by Gasteiger charge is 2.26. The smallest absolute Gasteiger partial charge is 0.341 e. The van der Waals surface area contributed by atoms with Crippen LogP contribution in [0.4, 0.5) is 8.78 Å². The molecule has 1 heterocycles. The number of sulfone groups is 1. The maximum Gasteiger partial charge on any atom is 0.341 e. The standard InChI is InChI=1S/C12H8F2INO3S/c13-12(14)20(17,18)10-4-1-8(2-5-10)19-9-3-6-11(15)16-7-9/h1-7,12H. The Morgan fingerprint density at radius 3 is 2.15 bits per heavy atom. The monoisotopic (exact) mass is 411 g/mol. The van der Waals surface area contributed by atoms with E-state index in [0.717, 1.165) is 15.8 Å². The van der Waals surface area contributed by atoms with Gasteiger partial charge in [0.15, 0.2) is 0 Å². The molecule has 0 atom stereocenters. The van der Waals surface area contributed by atoms with Gasteiger partial charge in [0.2, 0.25) is 9.84 Å². The van der Waals surface area contributed by atoms with Gasteiger partial charge in [0.1, 0.15) is 15.2 Å². The van der Waals surface area contributed by atoms with Crippen LogP contribution in [0.15, 0.2) is 47.5 Å². The zero-order chi connectivity index (χ0) is 14.8. The topological polar surface area (TPSA) is 56.3 Å². The van der Waals surface area contributed by atoms with Crippen LogP contribution in [0.5, 0.6) is 11.5 Å². The van der Waals surface area contributed by atoms with Gasteiger partial charge in [-0.3, -0.25) is 0 Å². The van der Waals surface area contributed by atoms with E-state index in [-0.39, 0.29) is 0 Å². The summed E-state index contributed by atoms with van der Waals surface area (Å²) in [4.78, 5) is 3.58. The first kappa shape index (κ1) is 15.1. The Morgan fingerprint density at radius 2 is 1.65 bits per heavy atom. The maximum absolute atomic E-state index is 12.4. The summed E-state index contributed by atoms with van der Waals surface area (Å²) in [5, 5.41) is 0. The summed E-state index contributed by atoms with van der Waals surface area (Å²) in [5.41, 5.74) is 0. The maximum atomic E-state index is 12.4. The van der Waals surface area contributed by atoms with Crippen LogP contribution < -0.4 is 4.74 Å². The van der Waals surface area contributed by atoms with Crippen LogP contribution >= 0.6 is 22.6 Å². The van der Waals surface area contributed by atoms with Crippen molar-refractivity contribution in [1.29, 1.82) is 0 Å².